The van der Waals surface area contributed by atoms with E-state index >= 15 is 0 Å². The van der Waals surface area contributed by atoms with Crippen molar-refractivity contribution in [2.24, 2.45) is 0 Å². The molecule has 1 saturated carbocycles. The third-order valence-electron chi connectivity index (χ3n) is 3.60. The van der Waals surface area contributed by atoms with Gasteiger partial charge in [-0.2, -0.15) is 0 Å². The Hall–Kier alpha value is -0.860. The van der Waals surface area contributed by atoms with Gasteiger partial charge in [0.15, 0.2) is 0 Å². The SMILES string of the molecule is CN[C@@]1(c2ccccc2)CCCC[C@H]1O. The van der Waals surface area contributed by atoms with Crippen LogP contribution in [0.1, 0.15) is 31.2 Å². The van der Waals surface area contributed by atoms with Crippen LogP contribution in [-0.4, -0.2) is 18.3 Å². The summed E-state index contributed by atoms with van der Waals surface area (Å²) in [6, 6.07) is 10.3. The number of rotatable bonds is 2. The average molecular weight is 205 g/mol. The molecule has 2 rings (SSSR count). The predicted octanol–water partition coefficient (Wildman–Crippen LogP) is 2.04. The van der Waals surface area contributed by atoms with Crippen molar-refractivity contribution in [3.05, 3.63) is 35.9 Å². The highest BCUT2D eigenvalue weighted by atomic mass is 16.3. The van der Waals surface area contributed by atoms with Gasteiger partial charge in [0, 0.05) is 0 Å². The average Bonchev–Trinajstić information content (AvgIpc) is 2.31. The maximum absolute atomic E-state index is 10.2. The van der Waals surface area contributed by atoms with E-state index in [9.17, 15) is 5.11 Å². The predicted molar refractivity (Wildman–Crippen MR) is 61.7 cm³/mol. The summed E-state index contributed by atoms with van der Waals surface area (Å²) < 4.78 is 0. The molecule has 2 N–H and O–H groups in total. The molecule has 2 atom stereocenters. The van der Waals surface area contributed by atoms with E-state index < -0.39 is 0 Å². The molecule has 0 saturated heterocycles. The van der Waals surface area contributed by atoms with E-state index in [1.54, 1.807) is 0 Å². The Balaban J connectivity index is 2.35. The molecule has 0 bridgehead atoms. The normalized spacial score (nSPS) is 31.5. The minimum Gasteiger partial charge on any atom is -0.391 e. The highest BCUT2D eigenvalue weighted by Gasteiger charge is 2.39. The van der Waals surface area contributed by atoms with E-state index in [0.717, 1.165) is 19.3 Å². The summed E-state index contributed by atoms with van der Waals surface area (Å²) in [5, 5.41) is 13.5. The largest absolute Gasteiger partial charge is 0.391 e. The first-order chi connectivity index (χ1) is 7.29. The Morgan fingerprint density at radius 1 is 1.27 bits per heavy atom. The van der Waals surface area contributed by atoms with Crippen LogP contribution < -0.4 is 5.32 Å². The lowest BCUT2D eigenvalue weighted by Gasteiger charge is -2.42. The zero-order valence-corrected chi connectivity index (χ0v) is 9.24. The van der Waals surface area contributed by atoms with Gasteiger partial charge in [0.1, 0.15) is 0 Å². The van der Waals surface area contributed by atoms with Crippen molar-refractivity contribution in [3.63, 3.8) is 0 Å². The summed E-state index contributed by atoms with van der Waals surface area (Å²) in [6.45, 7) is 0. The third-order valence-corrected chi connectivity index (χ3v) is 3.60. The van der Waals surface area contributed by atoms with Crippen LogP contribution in [0.15, 0.2) is 30.3 Å². The number of benzene rings is 1. The van der Waals surface area contributed by atoms with Gasteiger partial charge in [0.25, 0.3) is 0 Å². The summed E-state index contributed by atoms with van der Waals surface area (Å²) in [6.07, 6.45) is 3.98. The van der Waals surface area contributed by atoms with E-state index in [4.69, 9.17) is 0 Å². The number of likely N-dealkylation sites (N-methyl/N-ethyl adjacent to an activating group) is 1. The molecule has 82 valence electrons. The number of hydrogen-bond donors (Lipinski definition) is 2. The van der Waals surface area contributed by atoms with Crippen molar-refractivity contribution in [1.29, 1.82) is 0 Å². The van der Waals surface area contributed by atoms with Crippen molar-refractivity contribution in [1.82, 2.24) is 5.32 Å². The van der Waals surface area contributed by atoms with Crippen LogP contribution in [0, 0.1) is 0 Å². The zero-order valence-electron chi connectivity index (χ0n) is 9.24. The zero-order chi connectivity index (χ0) is 10.7. The molecular weight excluding hydrogens is 186 g/mol. The molecule has 0 unspecified atom stereocenters. The summed E-state index contributed by atoms with van der Waals surface area (Å²) >= 11 is 0. The van der Waals surface area contributed by atoms with Crippen LogP contribution in [0.2, 0.25) is 0 Å². The lowest BCUT2D eigenvalue weighted by Crippen LogP contribution is -2.51. The van der Waals surface area contributed by atoms with E-state index in [1.807, 2.05) is 25.2 Å². The van der Waals surface area contributed by atoms with Gasteiger partial charge in [-0.3, -0.25) is 0 Å². The summed E-state index contributed by atoms with van der Waals surface area (Å²) in [4.78, 5) is 0. The number of nitrogens with one attached hydrogen (secondary N) is 1. The van der Waals surface area contributed by atoms with Gasteiger partial charge < -0.3 is 10.4 Å². The van der Waals surface area contributed by atoms with E-state index in [0.29, 0.717) is 0 Å². The van der Waals surface area contributed by atoms with Crippen LogP contribution in [0.4, 0.5) is 0 Å². The molecule has 1 aromatic carbocycles. The van der Waals surface area contributed by atoms with Gasteiger partial charge in [-0.25, -0.2) is 0 Å². The first-order valence-electron chi connectivity index (χ1n) is 5.72. The summed E-state index contributed by atoms with van der Waals surface area (Å²) in [7, 11) is 1.95. The molecule has 1 aromatic rings. The smallest absolute Gasteiger partial charge is 0.0763 e. The Kier molecular flexibility index (Phi) is 3.08. The summed E-state index contributed by atoms with van der Waals surface area (Å²) in [5.74, 6) is 0. The van der Waals surface area contributed by atoms with Crippen molar-refractivity contribution in [2.45, 2.75) is 37.3 Å². The van der Waals surface area contributed by atoms with Crippen molar-refractivity contribution in [3.8, 4) is 0 Å². The fourth-order valence-corrected chi connectivity index (χ4v) is 2.66. The van der Waals surface area contributed by atoms with E-state index in [1.165, 1.54) is 12.0 Å². The number of hydrogen-bond acceptors (Lipinski definition) is 2. The van der Waals surface area contributed by atoms with E-state index in [-0.39, 0.29) is 11.6 Å². The van der Waals surface area contributed by atoms with Gasteiger partial charge in [-0.05, 0) is 25.5 Å². The Morgan fingerprint density at radius 3 is 2.60 bits per heavy atom. The first-order valence-corrected chi connectivity index (χ1v) is 5.72. The van der Waals surface area contributed by atoms with Gasteiger partial charge >= 0.3 is 0 Å². The highest BCUT2D eigenvalue weighted by molar-refractivity contribution is 5.26. The second kappa shape index (κ2) is 4.33. The minimum atomic E-state index is -0.265. The molecule has 2 heteroatoms. The van der Waals surface area contributed by atoms with Gasteiger partial charge in [0.2, 0.25) is 0 Å². The maximum Gasteiger partial charge on any atom is 0.0763 e. The van der Waals surface area contributed by atoms with Gasteiger partial charge in [0.05, 0.1) is 11.6 Å². The van der Waals surface area contributed by atoms with Crippen LogP contribution in [-0.2, 0) is 5.54 Å². The summed E-state index contributed by atoms with van der Waals surface area (Å²) in [5.41, 5.74) is 0.985. The van der Waals surface area contributed by atoms with Crippen molar-refractivity contribution < 1.29 is 5.11 Å². The minimum absolute atomic E-state index is 0.223. The lowest BCUT2D eigenvalue weighted by molar-refractivity contribution is 0.0252. The molecule has 0 heterocycles. The Bertz CT molecular complexity index is 312. The molecule has 0 aromatic heterocycles. The molecule has 0 radical (unpaired) electrons. The Morgan fingerprint density at radius 2 is 2.00 bits per heavy atom. The molecule has 1 aliphatic rings. The lowest BCUT2D eigenvalue weighted by atomic mass is 9.74. The number of aliphatic hydroxyl groups excluding tert-OH is 1. The fourth-order valence-electron chi connectivity index (χ4n) is 2.66. The van der Waals surface area contributed by atoms with Gasteiger partial charge in [-0.15, -0.1) is 0 Å². The molecule has 0 aliphatic heterocycles. The molecule has 2 nitrogen and oxygen atoms in total. The standard InChI is InChI=1S/C13H19NO/c1-14-13(10-6-5-9-12(13)15)11-7-3-2-4-8-11/h2-4,7-8,12,14-15H,5-6,9-10H2,1H3/t12-,13-/m1/s1. The quantitative estimate of drug-likeness (QED) is 0.774. The number of aliphatic hydroxyl groups is 1. The highest BCUT2D eigenvalue weighted by Crippen LogP contribution is 2.36. The second-order valence-electron chi connectivity index (χ2n) is 4.35. The van der Waals surface area contributed by atoms with Crippen molar-refractivity contribution in [2.75, 3.05) is 7.05 Å². The molecule has 1 aliphatic carbocycles. The molecule has 0 amide bonds. The van der Waals surface area contributed by atoms with Gasteiger partial charge in [-0.1, -0.05) is 43.2 Å². The Labute approximate surface area is 91.3 Å². The monoisotopic (exact) mass is 205 g/mol. The molecular formula is C13H19NO. The first kappa shape index (κ1) is 10.7. The van der Waals surface area contributed by atoms with Crippen LogP contribution in [0.3, 0.4) is 0 Å². The molecule has 0 spiro atoms. The topological polar surface area (TPSA) is 32.3 Å². The maximum atomic E-state index is 10.2. The molecule has 15 heavy (non-hydrogen) atoms. The second-order valence-corrected chi connectivity index (χ2v) is 4.35. The van der Waals surface area contributed by atoms with E-state index in [2.05, 4.69) is 17.4 Å². The van der Waals surface area contributed by atoms with Crippen molar-refractivity contribution >= 4 is 0 Å². The van der Waals surface area contributed by atoms with Crippen LogP contribution in [0.5, 0.6) is 0 Å². The third kappa shape index (κ3) is 1.80. The fraction of sp³-hybridized carbons (Fsp3) is 0.538. The van der Waals surface area contributed by atoms with Crippen LogP contribution in [0.25, 0.3) is 0 Å². The molecule has 1 fully saturated rings. The van der Waals surface area contributed by atoms with Crippen LogP contribution >= 0.6 is 0 Å².